The summed E-state index contributed by atoms with van der Waals surface area (Å²) in [6.45, 7) is 0.234. The van der Waals surface area contributed by atoms with E-state index in [4.69, 9.17) is 5.11 Å². The lowest BCUT2D eigenvalue weighted by molar-refractivity contribution is -0.137. The van der Waals surface area contributed by atoms with Crippen LogP contribution in [0.2, 0.25) is 0 Å². The van der Waals surface area contributed by atoms with Crippen molar-refractivity contribution in [1.82, 2.24) is 9.80 Å². The summed E-state index contributed by atoms with van der Waals surface area (Å²) in [5.74, 6) is -1.21. The molecular weight excluding hydrogens is 352 g/mol. The van der Waals surface area contributed by atoms with Gasteiger partial charge in [0.25, 0.3) is 17.7 Å². The molecule has 0 spiro atoms. The number of aliphatic hydroxyl groups is 1. The van der Waals surface area contributed by atoms with Crippen LogP contribution in [0, 0.1) is 0 Å². The Morgan fingerprint density at radius 2 is 1.85 bits per heavy atom. The summed E-state index contributed by atoms with van der Waals surface area (Å²) in [6, 6.07) is 5.84. The summed E-state index contributed by atoms with van der Waals surface area (Å²) in [6.07, 6.45) is 2.71. The predicted molar refractivity (Wildman–Crippen MR) is 94.6 cm³/mol. The van der Waals surface area contributed by atoms with Crippen LogP contribution in [-0.2, 0) is 14.4 Å². The highest BCUT2D eigenvalue weighted by molar-refractivity contribution is 6.21. The Kier molecular flexibility index (Phi) is 4.15. The third-order valence-corrected chi connectivity index (χ3v) is 4.93. The maximum absolute atomic E-state index is 12.5. The van der Waals surface area contributed by atoms with Gasteiger partial charge in [0, 0.05) is 18.3 Å². The Hall–Kier alpha value is -3.20. The fourth-order valence-electron chi connectivity index (χ4n) is 3.62. The summed E-state index contributed by atoms with van der Waals surface area (Å²) >= 11 is 0. The molecule has 9 nitrogen and oxygen atoms in total. The molecule has 2 fully saturated rings. The number of amides is 5. The number of hydrogen-bond donors (Lipinski definition) is 2. The number of aliphatic hydroxyl groups excluding tert-OH is 1. The number of rotatable bonds is 5. The van der Waals surface area contributed by atoms with Crippen LogP contribution in [0.4, 0.5) is 16.2 Å². The molecule has 0 bridgehead atoms. The van der Waals surface area contributed by atoms with Gasteiger partial charge >= 0.3 is 6.03 Å². The molecule has 0 radical (unpaired) electrons. The van der Waals surface area contributed by atoms with Crippen molar-refractivity contribution in [3.05, 3.63) is 36.0 Å². The summed E-state index contributed by atoms with van der Waals surface area (Å²) in [5, 5.41) is 11.8. The Bertz CT molecular complexity index is 841. The number of carbonyl (C=O) groups excluding carboxylic acids is 4. The van der Waals surface area contributed by atoms with Crippen LogP contribution >= 0.6 is 0 Å². The molecule has 2 N–H and O–H groups in total. The monoisotopic (exact) mass is 370 g/mol. The number of nitrogens with one attached hydrogen (secondary N) is 1. The van der Waals surface area contributed by atoms with Crippen LogP contribution in [-0.4, -0.2) is 64.4 Å². The standard InChI is InChI=1S/C18H18N4O5/c23-9-8-21-15(24)10-13(16(21)25)19-11-3-5-12(6-4-11)22-17(26)14-2-1-7-20(14)18(22)27/h3-6,10,14,19,23H,1-2,7-9H2. The minimum Gasteiger partial charge on any atom is -0.395 e. The Balaban J connectivity index is 1.48. The SMILES string of the molecule is O=C1C=C(Nc2ccc(N3C(=O)C4CCCN4C3=O)cc2)C(=O)N1CCO. The molecule has 0 aromatic heterocycles. The zero-order valence-electron chi connectivity index (χ0n) is 14.4. The van der Waals surface area contributed by atoms with Crippen LogP contribution in [0.25, 0.3) is 0 Å². The molecule has 9 heteroatoms. The summed E-state index contributed by atoms with van der Waals surface area (Å²) in [5.41, 5.74) is 1.11. The van der Waals surface area contributed by atoms with Gasteiger partial charge in [-0.15, -0.1) is 0 Å². The molecule has 3 heterocycles. The third-order valence-electron chi connectivity index (χ3n) is 4.93. The normalized spacial score (nSPS) is 22.0. The highest BCUT2D eigenvalue weighted by Gasteiger charge is 2.47. The number of benzene rings is 1. The second-order valence-electron chi connectivity index (χ2n) is 6.56. The van der Waals surface area contributed by atoms with Gasteiger partial charge in [0.1, 0.15) is 11.7 Å². The molecular formula is C18H18N4O5. The molecule has 3 aliphatic rings. The first-order chi connectivity index (χ1) is 13.0. The smallest absolute Gasteiger partial charge is 0.332 e. The first-order valence-electron chi connectivity index (χ1n) is 8.71. The third kappa shape index (κ3) is 2.76. The molecule has 1 aromatic rings. The van der Waals surface area contributed by atoms with E-state index in [1.54, 1.807) is 29.2 Å². The van der Waals surface area contributed by atoms with Crippen LogP contribution in [0.3, 0.4) is 0 Å². The number of hydrogen-bond acceptors (Lipinski definition) is 6. The van der Waals surface area contributed by atoms with E-state index in [0.717, 1.165) is 11.3 Å². The van der Waals surface area contributed by atoms with Gasteiger partial charge in [-0.2, -0.15) is 0 Å². The van der Waals surface area contributed by atoms with E-state index in [-0.39, 0.29) is 36.8 Å². The summed E-state index contributed by atoms with van der Waals surface area (Å²) < 4.78 is 0. The highest BCUT2D eigenvalue weighted by atomic mass is 16.3. The van der Waals surface area contributed by atoms with Crippen molar-refractivity contribution in [2.75, 3.05) is 29.9 Å². The molecule has 0 aliphatic carbocycles. The molecule has 3 aliphatic heterocycles. The quantitative estimate of drug-likeness (QED) is 0.569. The van der Waals surface area contributed by atoms with Gasteiger partial charge in [0.05, 0.1) is 18.8 Å². The van der Waals surface area contributed by atoms with Crippen LogP contribution in [0.15, 0.2) is 36.0 Å². The van der Waals surface area contributed by atoms with Gasteiger partial charge in [-0.3, -0.25) is 19.3 Å². The number of β-amino-alcohol motifs (C(OH)–C–C–N with tert-alkyl or cyclic N) is 1. The number of imide groups is 2. The van der Waals surface area contributed by atoms with Crippen LogP contribution in [0.5, 0.6) is 0 Å². The molecule has 2 saturated heterocycles. The van der Waals surface area contributed by atoms with E-state index in [9.17, 15) is 19.2 Å². The van der Waals surface area contributed by atoms with Gasteiger partial charge in [0.2, 0.25) is 0 Å². The average Bonchev–Trinajstić information content (AvgIpc) is 3.30. The maximum Gasteiger partial charge on any atom is 0.332 e. The fourth-order valence-corrected chi connectivity index (χ4v) is 3.62. The van der Waals surface area contributed by atoms with Crippen molar-refractivity contribution < 1.29 is 24.3 Å². The maximum atomic E-state index is 12.5. The van der Waals surface area contributed by atoms with E-state index in [2.05, 4.69) is 5.32 Å². The zero-order valence-corrected chi connectivity index (χ0v) is 14.4. The molecule has 1 aromatic carbocycles. The number of anilines is 2. The van der Waals surface area contributed by atoms with E-state index in [0.29, 0.717) is 24.3 Å². The first-order valence-corrected chi connectivity index (χ1v) is 8.71. The largest absolute Gasteiger partial charge is 0.395 e. The molecule has 0 saturated carbocycles. The highest BCUT2D eigenvalue weighted by Crippen LogP contribution is 2.32. The number of urea groups is 1. The molecule has 27 heavy (non-hydrogen) atoms. The minimum absolute atomic E-state index is 0.0604. The summed E-state index contributed by atoms with van der Waals surface area (Å²) in [7, 11) is 0. The van der Waals surface area contributed by atoms with Gasteiger partial charge < -0.3 is 15.3 Å². The topological polar surface area (TPSA) is 110 Å². The molecule has 5 amide bonds. The van der Waals surface area contributed by atoms with Gasteiger partial charge in [0.15, 0.2) is 0 Å². The molecule has 1 atom stereocenters. The average molecular weight is 370 g/mol. The van der Waals surface area contributed by atoms with Gasteiger partial charge in [-0.1, -0.05) is 0 Å². The lowest BCUT2D eigenvalue weighted by atomic mass is 10.2. The second-order valence-corrected chi connectivity index (χ2v) is 6.56. The number of nitrogens with zero attached hydrogens (tertiary/aromatic N) is 3. The lowest BCUT2D eigenvalue weighted by Crippen LogP contribution is -2.34. The van der Waals surface area contributed by atoms with Crippen molar-refractivity contribution in [3.8, 4) is 0 Å². The first kappa shape index (κ1) is 17.2. The van der Waals surface area contributed by atoms with Crippen molar-refractivity contribution in [2.24, 2.45) is 0 Å². The lowest BCUT2D eigenvalue weighted by Gasteiger charge is -2.16. The second kappa shape index (κ2) is 6.51. The van der Waals surface area contributed by atoms with Crippen LogP contribution < -0.4 is 10.2 Å². The zero-order chi connectivity index (χ0) is 19.1. The minimum atomic E-state index is -0.511. The van der Waals surface area contributed by atoms with E-state index < -0.39 is 11.8 Å². The molecule has 140 valence electrons. The Morgan fingerprint density at radius 3 is 2.52 bits per heavy atom. The Labute approximate surface area is 154 Å². The van der Waals surface area contributed by atoms with Gasteiger partial charge in [-0.05, 0) is 37.1 Å². The van der Waals surface area contributed by atoms with Gasteiger partial charge in [-0.25, -0.2) is 9.69 Å². The van der Waals surface area contributed by atoms with Crippen LogP contribution in [0.1, 0.15) is 12.8 Å². The van der Waals surface area contributed by atoms with E-state index >= 15 is 0 Å². The van der Waals surface area contributed by atoms with Crippen molar-refractivity contribution >= 4 is 35.1 Å². The van der Waals surface area contributed by atoms with Crippen molar-refractivity contribution in [2.45, 2.75) is 18.9 Å². The number of fused-ring (bicyclic) bond motifs is 1. The fraction of sp³-hybridized carbons (Fsp3) is 0.333. The number of carbonyl (C=O) groups is 4. The molecule has 1 unspecified atom stereocenters. The van der Waals surface area contributed by atoms with Crippen molar-refractivity contribution in [3.63, 3.8) is 0 Å². The van der Waals surface area contributed by atoms with E-state index in [1.807, 2.05) is 0 Å². The Morgan fingerprint density at radius 1 is 1.11 bits per heavy atom. The predicted octanol–water partition coefficient (Wildman–Crippen LogP) is 0.274. The van der Waals surface area contributed by atoms with Crippen molar-refractivity contribution in [1.29, 1.82) is 0 Å². The van der Waals surface area contributed by atoms with E-state index in [1.165, 1.54) is 11.0 Å². The summed E-state index contributed by atoms with van der Waals surface area (Å²) in [4.78, 5) is 52.5. The molecule has 4 rings (SSSR count).